The molecule has 126 valence electrons. The summed E-state index contributed by atoms with van der Waals surface area (Å²) >= 11 is 0. The molecule has 0 saturated heterocycles. The minimum Gasteiger partial charge on any atom is -0.443 e. The third-order valence-electron chi connectivity index (χ3n) is 2.56. The van der Waals surface area contributed by atoms with Crippen molar-refractivity contribution in [2.24, 2.45) is 5.73 Å². The van der Waals surface area contributed by atoms with Crippen molar-refractivity contribution < 1.29 is 18.7 Å². The minimum atomic E-state index is -0.768. The summed E-state index contributed by atoms with van der Waals surface area (Å²) in [5.74, 6) is -0.342. The van der Waals surface area contributed by atoms with Crippen LogP contribution in [0.3, 0.4) is 0 Å². The van der Waals surface area contributed by atoms with E-state index in [-0.39, 0.29) is 18.9 Å². The van der Waals surface area contributed by atoms with E-state index in [9.17, 15) is 14.0 Å². The molecule has 0 spiro atoms. The van der Waals surface area contributed by atoms with Gasteiger partial charge >= 0.3 is 12.1 Å². The number of benzene rings is 1. The van der Waals surface area contributed by atoms with Crippen molar-refractivity contribution in [2.45, 2.75) is 26.4 Å². The zero-order valence-corrected chi connectivity index (χ0v) is 13.5. The van der Waals surface area contributed by atoms with Crippen LogP contribution in [0, 0.1) is 5.82 Å². The zero-order chi connectivity index (χ0) is 17.5. The summed E-state index contributed by atoms with van der Waals surface area (Å²) in [6.07, 6.45) is 2.17. The molecule has 0 radical (unpaired) electrons. The highest BCUT2D eigenvalue weighted by atomic mass is 19.1. The van der Waals surface area contributed by atoms with Crippen LogP contribution in [0.25, 0.3) is 6.08 Å². The lowest BCUT2D eigenvalue weighted by atomic mass is 10.2. The van der Waals surface area contributed by atoms with Crippen molar-refractivity contribution in [3.05, 3.63) is 41.8 Å². The molecule has 0 saturated carbocycles. The van der Waals surface area contributed by atoms with Gasteiger partial charge in [0, 0.05) is 19.3 Å². The van der Waals surface area contributed by atoms with Gasteiger partial charge in [-0.3, -0.25) is 0 Å². The third kappa shape index (κ3) is 6.92. The smallest absolute Gasteiger partial charge is 0.418 e. The number of halogens is 1. The van der Waals surface area contributed by atoms with E-state index in [2.05, 4.69) is 5.32 Å². The predicted molar refractivity (Wildman–Crippen MR) is 86.0 cm³/mol. The van der Waals surface area contributed by atoms with E-state index in [1.807, 2.05) is 0 Å². The van der Waals surface area contributed by atoms with Gasteiger partial charge < -0.3 is 15.8 Å². The topological polar surface area (TPSA) is 84.7 Å². The second-order valence-corrected chi connectivity index (χ2v) is 5.76. The van der Waals surface area contributed by atoms with E-state index < -0.39 is 17.7 Å². The van der Waals surface area contributed by atoms with Gasteiger partial charge in [-0.05, 0) is 44.5 Å². The maximum atomic E-state index is 12.8. The first-order valence-corrected chi connectivity index (χ1v) is 7.16. The lowest BCUT2D eigenvalue weighted by molar-refractivity contribution is 0.0328. The molecule has 0 aliphatic carbocycles. The number of carbonyl (C=O) groups is 2. The van der Waals surface area contributed by atoms with Crippen LogP contribution in [0.4, 0.5) is 14.0 Å². The van der Waals surface area contributed by atoms with Gasteiger partial charge in [-0.2, -0.15) is 0 Å². The Bertz CT molecular complexity index is 565. The number of imide groups is 1. The zero-order valence-electron chi connectivity index (χ0n) is 13.5. The van der Waals surface area contributed by atoms with Gasteiger partial charge in [0.1, 0.15) is 11.4 Å². The van der Waals surface area contributed by atoms with E-state index in [0.717, 1.165) is 4.90 Å². The van der Waals surface area contributed by atoms with Crippen LogP contribution in [-0.4, -0.2) is 35.7 Å². The second-order valence-electron chi connectivity index (χ2n) is 5.76. The van der Waals surface area contributed by atoms with Gasteiger partial charge in [0.2, 0.25) is 0 Å². The Labute approximate surface area is 135 Å². The number of nitrogens with one attached hydrogen (secondary N) is 1. The van der Waals surface area contributed by atoms with Crippen molar-refractivity contribution in [1.29, 1.82) is 0 Å². The van der Waals surface area contributed by atoms with Crippen molar-refractivity contribution in [1.82, 2.24) is 10.2 Å². The third-order valence-corrected chi connectivity index (χ3v) is 2.56. The fraction of sp³-hybridized carbons (Fsp3) is 0.375. The summed E-state index contributed by atoms with van der Waals surface area (Å²) in [6, 6.07) is 5.09. The Hall–Kier alpha value is -2.41. The van der Waals surface area contributed by atoms with Crippen LogP contribution in [0.1, 0.15) is 26.3 Å². The molecular weight excluding hydrogens is 301 g/mol. The highest BCUT2D eigenvalue weighted by Gasteiger charge is 2.26. The van der Waals surface area contributed by atoms with E-state index >= 15 is 0 Å². The average molecular weight is 323 g/mol. The molecule has 1 aromatic carbocycles. The number of amides is 3. The Morgan fingerprint density at radius 3 is 2.43 bits per heavy atom. The molecule has 0 aliphatic heterocycles. The average Bonchev–Trinajstić information content (AvgIpc) is 2.44. The molecular formula is C16H22FN3O3. The van der Waals surface area contributed by atoms with Crippen molar-refractivity contribution in [3.63, 3.8) is 0 Å². The molecule has 3 amide bonds. The number of urea groups is 1. The van der Waals surface area contributed by atoms with E-state index in [1.165, 1.54) is 18.3 Å². The molecule has 7 heteroatoms. The summed E-state index contributed by atoms with van der Waals surface area (Å²) in [4.78, 5) is 24.9. The van der Waals surface area contributed by atoms with E-state index in [0.29, 0.717) is 5.56 Å². The van der Waals surface area contributed by atoms with Gasteiger partial charge in [-0.25, -0.2) is 18.9 Å². The molecule has 0 atom stereocenters. The maximum absolute atomic E-state index is 12.8. The lowest BCUT2D eigenvalue weighted by Crippen LogP contribution is -2.46. The molecule has 6 nitrogen and oxygen atoms in total. The lowest BCUT2D eigenvalue weighted by Gasteiger charge is -2.25. The van der Waals surface area contributed by atoms with Gasteiger partial charge in [0.25, 0.3) is 0 Å². The van der Waals surface area contributed by atoms with Gasteiger partial charge in [-0.15, -0.1) is 0 Å². The number of hydrogen-bond acceptors (Lipinski definition) is 4. The minimum absolute atomic E-state index is 0.0329. The van der Waals surface area contributed by atoms with Crippen LogP contribution in [-0.2, 0) is 4.74 Å². The van der Waals surface area contributed by atoms with Crippen LogP contribution >= 0.6 is 0 Å². The van der Waals surface area contributed by atoms with Crippen LogP contribution in [0.5, 0.6) is 0 Å². The fourth-order valence-corrected chi connectivity index (χ4v) is 1.58. The number of nitrogens with two attached hydrogens (primary N) is 1. The van der Waals surface area contributed by atoms with Crippen LogP contribution < -0.4 is 11.1 Å². The molecule has 0 heterocycles. The summed E-state index contributed by atoms with van der Waals surface area (Å²) in [7, 11) is 0. The number of rotatable bonds is 4. The molecule has 23 heavy (non-hydrogen) atoms. The van der Waals surface area contributed by atoms with E-state index in [1.54, 1.807) is 39.0 Å². The molecule has 0 unspecified atom stereocenters. The van der Waals surface area contributed by atoms with Gasteiger partial charge in [0.15, 0.2) is 0 Å². The van der Waals surface area contributed by atoms with Crippen molar-refractivity contribution >= 4 is 18.2 Å². The number of carbonyl (C=O) groups excluding carboxylic acids is 2. The highest BCUT2D eigenvalue weighted by molar-refractivity contribution is 5.91. The Kier molecular flexibility index (Phi) is 6.71. The Morgan fingerprint density at radius 1 is 1.30 bits per heavy atom. The molecule has 0 aliphatic rings. The van der Waals surface area contributed by atoms with E-state index in [4.69, 9.17) is 10.5 Å². The predicted octanol–water partition coefficient (Wildman–Crippen LogP) is 2.70. The molecule has 3 N–H and O–H groups in total. The quantitative estimate of drug-likeness (QED) is 0.892. The van der Waals surface area contributed by atoms with Crippen molar-refractivity contribution in [3.8, 4) is 0 Å². The Balaban J connectivity index is 2.67. The first-order valence-electron chi connectivity index (χ1n) is 7.16. The SMILES string of the molecule is CC(C)(C)OC(=O)N(CCN)C(=O)N/C=C/c1ccc(F)cc1. The molecule has 1 aromatic rings. The number of nitrogens with zero attached hydrogens (tertiary/aromatic N) is 1. The standard InChI is InChI=1S/C16H22FN3O3/c1-16(2,3)23-15(22)20(11-9-18)14(21)19-10-8-12-4-6-13(17)7-5-12/h4-8,10H,9,11,18H2,1-3H3,(H,19,21)/b10-8+. The summed E-state index contributed by atoms with van der Waals surface area (Å²) in [5, 5.41) is 2.45. The van der Waals surface area contributed by atoms with Gasteiger partial charge in [-0.1, -0.05) is 12.1 Å². The first-order chi connectivity index (χ1) is 10.7. The summed E-state index contributed by atoms with van der Waals surface area (Å²) < 4.78 is 17.9. The maximum Gasteiger partial charge on any atom is 0.418 e. The largest absolute Gasteiger partial charge is 0.443 e. The van der Waals surface area contributed by atoms with Crippen molar-refractivity contribution in [2.75, 3.05) is 13.1 Å². The molecule has 0 aromatic heterocycles. The molecule has 1 rings (SSSR count). The monoisotopic (exact) mass is 323 g/mol. The number of hydrogen-bond donors (Lipinski definition) is 2. The normalized spacial score (nSPS) is 11.3. The van der Waals surface area contributed by atoms with Crippen LogP contribution in [0.15, 0.2) is 30.5 Å². The summed E-state index contributed by atoms with van der Waals surface area (Å²) in [6.45, 7) is 5.27. The number of ether oxygens (including phenoxy) is 1. The Morgan fingerprint density at radius 2 is 1.91 bits per heavy atom. The highest BCUT2D eigenvalue weighted by Crippen LogP contribution is 2.10. The first kappa shape index (κ1) is 18.6. The fourth-order valence-electron chi connectivity index (χ4n) is 1.58. The molecule has 0 bridgehead atoms. The molecule has 0 fully saturated rings. The second kappa shape index (κ2) is 8.28. The summed E-state index contributed by atoms with van der Waals surface area (Å²) in [5.41, 5.74) is 5.41. The van der Waals surface area contributed by atoms with Crippen LogP contribution in [0.2, 0.25) is 0 Å². The van der Waals surface area contributed by atoms with Gasteiger partial charge in [0.05, 0.1) is 0 Å².